The Morgan fingerprint density at radius 3 is 2.45 bits per heavy atom. The summed E-state index contributed by atoms with van der Waals surface area (Å²) in [5, 5.41) is 3.42. The zero-order chi connectivity index (χ0) is 16.1. The third-order valence-corrected chi connectivity index (χ3v) is 3.46. The molecule has 116 valence electrons. The number of carbonyl (C=O) groups excluding carboxylic acids is 1. The number of ether oxygens (including phenoxy) is 1. The minimum absolute atomic E-state index is 0.177. The third-order valence-electron chi connectivity index (χ3n) is 3.23. The first kappa shape index (κ1) is 16.4. The largest absolute Gasteiger partial charge is 0.481 e. The van der Waals surface area contributed by atoms with Crippen molar-refractivity contribution in [2.24, 2.45) is 0 Å². The second-order valence-electron chi connectivity index (χ2n) is 5.34. The van der Waals surface area contributed by atoms with Gasteiger partial charge in [0.25, 0.3) is 5.91 Å². The zero-order valence-electron chi connectivity index (χ0n) is 13.0. The number of halogens is 1. The van der Waals surface area contributed by atoms with Crippen LogP contribution in [0.1, 0.15) is 24.5 Å². The zero-order valence-corrected chi connectivity index (χ0v) is 13.8. The Kier molecular flexibility index (Phi) is 5.45. The van der Waals surface area contributed by atoms with Crippen LogP contribution < -0.4 is 10.1 Å². The number of hydrogen-bond donors (Lipinski definition) is 1. The van der Waals surface area contributed by atoms with Crippen LogP contribution in [0.4, 0.5) is 5.69 Å². The Labute approximate surface area is 136 Å². The predicted octanol–water partition coefficient (Wildman–Crippen LogP) is 4.75. The lowest BCUT2D eigenvalue weighted by molar-refractivity contribution is -0.122. The third kappa shape index (κ3) is 4.50. The molecule has 0 radical (unpaired) electrons. The molecule has 0 saturated heterocycles. The quantitative estimate of drug-likeness (QED) is 0.864. The first-order chi connectivity index (χ1) is 10.5. The lowest BCUT2D eigenvalue weighted by Crippen LogP contribution is -2.32. The average Bonchev–Trinajstić information content (AvgIpc) is 2.43. The molecule has 0 aliphatic carbocycles. The SMILES string of the molecule is CC[C@@H](Oc1cc(C)cc(C)c1)C(=O)Nc1cccc(Cl)c1. The molecule has 0 aromatic heterocycles. The summed E-state index contributed by atoms with van der Waals surface area (Å²) in [5.41, 5.74) is 2.89. The molecule has 4 heteroatoms. The van der Waals surface area contributed by atoms with Crippen LogP contribution >= 0.6 is 11.6 Å². The molecular formula is C18H20ClNO2. The van der Waals surface area contributed by atoms with E-state index in [0.717, 1.165) is 11.1 Å². The normalized spacial score (nSPS) is 11.8. The van der Waals surface area contributed by atoms with Gasteiger partial charge >= 0.3 is 0 Å². The average molecular weight is 318 g/mol. The summed E-state index contributed by atoms with van der Waals surface area (Å²) >= 11 is 5.92. The number of carbonyl (C=O) groups is 1. The maximum Gasteiger partial charge on any atom is 0.265 e. The van der Waals surface area contributed by atoms with Gasteiger partial charge in [0.1, 0.15) is 5.75 Å². The van der Waals surface area contributed by atoms with Crippen LogP contribution in [-0.4, -0.2) is 12.0 Å². The molecule has 0 heterocycles. The fourth-order valence-corrected chi connectivity index (χ4v) is 2.47. The van der Waals surface area contributed by atoms with Crippen molar-refractivity contribution in [3.63, 3.8) is 0 Å². The summed E-state index contributed by atoms with van der Waals surface area (Å²) in [7, 11) is 0. The summed E-state index contributed by atoms with van der Waals surface area (Å²) in [5.74, 6) is 0.537. The van der Waals surface area contributed by atoms with Crippen molar-refractivity contribution in [1.29, 1.82) is 0 Å². The van der Waals surface area contributed by atoms with Crippen LogP contribution in [0.3, 0.4) is 0 Å². The second-order valence-corrected chi connectivity index (χ2v) is 5.77. The number of anilines is 1. The molecule has 2 aromatic carbocycles. The van der Waals surface area contributed by atoms with E-state index in [4.69, 9.17) is 16.3 Å². The predicted molar refractivity (Wildman–Crippen MR) is 90.7 cm³/mol. The van der Waals surface area contributed by atoms with Crippen LogP contribution in [0.5, 0.6) is 5.75 Å². The summed E-state index contributed by atoms with van der Waals surface area (Å²) in [4.78, 5) is 12.4. The van der Waals surface area contributed by atoms with Gasteiger partial charge in [-0.15, -0.1) is 0 Å². The highest BCUT2D eigenvalue weighted by molar-refractivity contribution is 6.30. The molecule has 0 spiro atoms. The second kappa shape index (κ2) is 7.32. The molecule has 0 fully saturated rings. The summed E-state index contributed by atoms with van der Waals surface area (Å²) in [6.07, 6.45) is 0.0412. The van der Waals surface area contributed by atoms with E-state index in [1.54, 1.807) is 24.3 Å². The van der Waals surface area contributed by atoms with Gasteiger partial charge in [0, 0.05) is 10.7 Å². The Morgan fingerprint density at radius 1 is 1.18 bits per heavy atom. The molecule has 1 atom stereocenters. The van der Waals surface area contributed by atoms with E-state index in [1.807, 2.05) is 32.9 Å². The molecular weight excluding hydrogens is 298 g/mol. The minimum Gasteiger partial charge on any atom is -0.481 e. The molecule has 1 amide bonds. The Balaban J connectivity index is 2.08. The first-order valence-corrected chi connectivity index (χ1v) is 7.67. The number of hydrogen-bond acceptors (Lipinski definition) is 2. The van der Waals surface area contributed by atoms with Crippen LogP contribution in [0.2, 0.25) is 5.02 Å². The fourth-order valence-electron chi connectivity index (χ4n) is 2.28. The van der Waals surface area contributed by atoms with Gasteiger partial charge in [-0.05, 0) is 61.7 Å². The molecule has 0 aliphatic heterocycles. The number of amides is 1. The highest BCUT2D eigenvalue weighted by atomic mass is 35.5. The number of rotatable bonds is 5. The van der Waals surface area contributed by atoms with Gasteiger partial charge in [0.05, 0.1) is 0 Å². The van der Waals surface area contributed by atoms with Gasteiger partial charge in [-0.25, -0.2) is 0 Å². The Bertz CT molecular complexity index is 650. The van der Waals surface area contributed by atoms with Gasteiger partial charge in [0.2, 0.25) is 0 Å². The smallest absolute Gasteiger partial charge is 0.265 e. The van der Waals surface area contributed by atoms with Crippen molar-refractivity contribution in [3.8, 4) is 5.75 Å². The van der Waals surface area contributed by atoms with Crippen LogP contribution in [0.25, 0.3) is 0 Å². The number of aryl methyl sites for hydroxylation is 2. The van der Waals surface area contributed by atoms with Crippen molar-refractivity contribution >= 4 is 23.2 Å². The molecule has 0 aliphatic rings. The van der Waals surface area contributed by atoms with Crippen molar-refractivity contribution < 1.29 is 9.53 Å². The molecule has 22 heavy (non-hydrogen) atoms. The summed E-state index contributed by atoms with van der Waals surface area (Å²) < 4.78 is 5.84. The van der Waals surface area contributed by atoms with Crippen LogP contribution in [0.15, 0.2) is 42.5 Å². The highest BCUT2D eigenvalue weighted by Gasteiger charge is 2.18. The minimum atomic E-state index is -0.541. The molecule has 0 saturated carbocycles. The molecule has 1 N–H and O–H groups in total. The molecule has 0 unspecified atom stereocenters. The van der Waals surface area contributed by atoms with Crippen molar-refractivity contribution in [3.05, 3.63) is 58.6 Å². The van der Waals surface area contributed by atoms with E-state index < -0.39 is 6.10 Å². The van der Waals surface area contributed by atoms with E-state index in [-0.39, 0.29) is 5.91 Å². The monoisotopic (exact) mass is 317 g/mol. The molecule has 0 bridgehead atoms. The maximum absolute atomic E-state index is 12.4. The highest BCUT2D eigenvalue weighted by Crippen LogP contribution is 2.20. The van der Waals surface area contributed by atoms with E-state index >= 15 is 0 Å². The molecule has 2 aromatic rings. The van der Waals surface area contributed by atoms with E-state index in [9.17, 15) is 4.79 Å². The first-order valence-electron chi connectivity index (χ1n) is 7.29. The van der Waals surface area contributed by atoms with Crippen molar-refractivity contribution in [2.45, 2.75) is 33.3 Å². The topological polar surface area (TPSA) is 38.3 Å². The van der Waals surface area contributed by atoms with Crippen molar-refractivity contribution in [1.82, 2.24) is 0 Å². The molecule has 3 nitrogen and oxygen atoms in total. The maximum atomic E-state index is 12.4. The standard InChI is InChI=1S/C18H20ClNO2/c1-4-17(22-16-9-12(2)8-13(3)10-16)18(21)20-15-7-5-6-14(19)11-15/h5-11,17H,4H2,1-3H3,(H,20,21)/t17-/m1/s1. The lowest BCUT2D eigenvalue weighted by Gasteiger charge is -2.18. The van der Waals surface area contributed by atoms with Gasteiger partial charge in [-0.3, -0.25) is 4.79 Å². The van der Waals surface area contributed by atoms with Crippen molar-refractivity contribution in [2.75, 3.05) is 5.32 Å². The lowest BCUT2D eigenvalue weighted by atomic mass is 10.1. The fraction of sp³-hybridized carbons (Fsp3) is 0.278. The van der Waals surface area contributed by atoms with E-state index in [2.05, 4.69) is 11.4 Å². The Morgan fingerprint density at radius 2 is 1.86 bits per heavy atom. The Hall–Kier alpha value is -2.00. The van der Waals surface area contributed by atoms with Gasteiger partial charge < -0.3 is 10.1 Å². The number of nitrogens with one attached hydrogen (secondary N) is 1. The van der Waals surface area contributed by atoms with Gasteiger partial charge in [-0.2, -0.15) is 0 Å². The van der Waals surface area contributed by atoms with Gasteiger partial charge in [0.15, 0.2) is 6.10 Å². The van der Waals surface area contributed by atoms with E-state index in [1.165, 1.54) is 0 Å². The van der Waals surface area contributed by atoms with Gasteiger partial charge in [-0.1, -0.05) is 30.7 Å². The molecule has 2 rings (SSSR count). The van der Waals surface area contributed by atoms with E-state index in [0.29, 0.717) is 22.9 Å². The number of benzene rings is 2. The van der Waals surface area contributed by atoms with Crippen LogP contribution in [-0.2, 0) is 4.79 Å². The summed E-state index contributed by atoms with van der Waals surface area (Å²) in [6, 6.07) is 13.0. The van der Waals surface area contributed by atoms with Crippen LogP contribution in [0, 0.1) is 13.8 Å². The summed E-state index contributed by atoms with van der Waals surface area (Å²) in [6.45, 7) is 5.94.